The lowest BCUT2D eigenvalue weighted by Crippen LogP contribution is -2.45. The zero-order valence-corrected chi connectivity index (χ0v) is 14.7. The highest BCUT2D eigenvalue weighted by Gasteiger charge is 2.29. The van der Waals surface area contributed by atoms with Gasteiger partial charge in [-0.3, -0.25) is 9.78 Å². The monoisotopic (exact) mass is 354 g/mol. The normalized spacial score (nSPS) is 16.7. The van der Waals surface area contributed by atoms with E-state index in [2.05, 4.69) is 20.9 Å². The van der Waals surface area contributed by atoms with Crippen molar-refractivity contribution in [2.75, 3.05) is 12.4 Å². The van der Waals surface area contributed by atoms with Gasteiger partial charge in [-0.1, -0.05) is 12.1 Å². The molecule has 1 aromatic heterocycles. The first kappa shape index (κ1) is 16.9. The van der Waals surface area contributed by atoms with Crippen molar-refractivity contribution >= 4 is 28.9 Å². The van der Waals surface area contributed by atoms with E-state index < -0.39 is 0 Å². The van der Waals surface area contributed by atoms with Gasteiger partial charge in [-0.15, -0.1) is 0 Å². The molecule has 6 nitrogen and oxygen atoms in total. The minimum atomic E-state index is -0.351. The van der Waals surface area contributed by atoms with E-state index in [1.807, 2.05) is 31.2 Å². The summed E-state index contributed by atoms with van der Waals surface area (Å²) in [5.41, 5.74) is 2.84. The molecule has 1 amide bonds. The van der Waals surface area contributed by atoms with Crippen LogP contribution in [0.5, 0.6) is 5.75 Å². The van der Waals surface area contributed by atoms with Gasteiger partial charge < -0.3 is 20.7 Å². The number of aromatic nitrogens is 1. The molecule has 2 aromatic rings. The molecule has 25 heavy (non-hydrogen) atoms. The van der Waals surface area contributed by atoms with E-state index in [9.17, 15) is 4.79 Å². The molecule has 1 unspecified atom stereocenters. The summed E-state index contributed by atoms with van der Waals surface area (Å²) in [4.78, 5) is 16.9. The summed E-state index contributed by atoms with van der Waals surface area (Å²) in [6.45, 7) is 1.84. The molecular formula is C18H18N4O2S. The Labute approximate surface area is 151 Å². The lowest BCUT2D eigenvalue weighted by molar-refractivity contribution is -0.113. The topological polar surface area (TPSA) is 75.3 Å². The maximum absolute atomic E-state index is 12.8. The van der Waals surface area contributed by atoms with Crippen LogP contribution in [0.25, 0.3) is 0 Å². The average Bonchev–Trinajstić information content (AvgIpc) is 2.62. The molecule has 1 atom stereocenters. The Morgan fingerprint density at radius 3 is 2.68 bits per heavy atom. The first-order chi connectivity index (χ1) is 12.1. The fourth-order valence-electron chi connectivity index (χ4n) is 2.68. The second kappa shape index (κ2) is 7.31. The van der Waals surface area contributed by atoms with Crippen molar-refractivity contribution < 1.29 is 9.53 Å². The Bertz CT molecular complexity index is 819. The molecule has 3 rings (SSSR count). The van der Waals surface area contributed by atoms with Gasteiger partial charge in [0.15, 0.2) is 5.11 Å². The smallest absolute Gasteiger partial charge is 0.255 e. The fraction of sp³-hybridized carbons (Fsp3) is 0.167. The number of pyridine rings is 1. The standard InChI is InChI=1S/C18H18N4O2S/c1-11-15(17(23)21-13-4-3-9-19-10-13)16(22-18(25)20-11)12-5-7-14(24-2)8-6-12/h3-10,16H,1-2H3,(H,21,23)(H2,20,22,25). The van der Waals surface area contributed by atoms with E-state index in [0.29, 0.717) is 22.1 Å². The van der Waals surface area contributed by atoms with Crippen LogP contribution in [-0.2, 0) is 4.79 Å². The summed E-state index contributed by atoms with van der Waals surface area (Å²) in [5, 5.41) is 9.53. The van der Waals surface area contributed by atoms with Gasteiger partial charge in [0.1, 0.15) is 5.75 Å². The molecule has 3 N–H and O–H groups in total. The van der Waals surface area contributed by atoms with Gasteiger partial charge >= 0.3 is 0 Å². The number of benzene rings is 1. The Morgan fingerprint density at radius 2 is 2.04 bits per heavy atom. The van der Waals surface area contributed by atoms with E-state index in [4.69, 9.17) is 17.0 Å². The number of carbonyl (C=O) groups excluding carboxylic acids is 1. The van der Waals surface area contributed by atoms with Crippen LogP contribution < -0.4 is 20.7 Å². The van der Waals surface area contributed by atoms with Gasteiger partial charge in [-0.25, -0.2) is 0 Å². The van der Waals surface area contributed by atoms with Crippen LogP contribution in [0.2, 0.25) is 0 Å². The average molecular weight is 354 g/mol. The maximum atomic E-state index is 12.8. The highest BCUT2D eigenvalue weighted by Crippen LogP contribution is 2.28. The van der Waals surface area contributed by atoms with Crippen molar-refractivity contribution in [2.45, 2.75) is 13.0 Å². The van der Waals surface area contributed by atoms with Crippen LogP contribution in [0, 0.1) is 0 Å². The molecular weight excluding hydrogens is 336 g/mol. The zero-order valence-electron chi connectivity index (χ0n) is 13.9. The summed E-state index contributed by atoms with van der Waals surface area (Å²) < 4.78 is 5.20. The van der Waals surface area contributed by atoms with Crippen molar-refractivity contribution in [3.63, 3.8) is 0 Å². The highest BCUT2D eigenvalue weighted by atomic mass is 32.1. The van der Waals surface area contributed by atoms with Crippen LogP contribution in [-0.4, -0.2) is 23.1 Å². The van der Waals surface area contributed by atoms with Gasteiger partial charge in [0.05, 0.1) is 30.6 Å². The lowest BCUT2D eigenvalue weighted by Gasteiger charge is -2.30. The quantitative estimate of drug-likeness (QED) is 0.733. The molecule has 1 aromatic carbocycles. The van der Waals surface area contributed by atoms with Crippen LogP contribution in [0.4, 0.5) is 5.69 Å². The minimum absolute atomic E-state index is 0.214. The lowest BCUT2D eigenvalue weighted by atomic mass is 9.95. The second-order valence-corrected chi connectivity index (χ2v) is 5.95. The van der Waals surface area contributed by atoms with Crippen LogP contribution in [0.1, 0.15) is 18.5 Å². The van der Waals surface area contributed by atoms with E-state index in [1.54, 1.807) is 31.6 Å². The van der Waals surface area contributed by atoms with Gasteiger partial charge in [-0.2, -0.15) is 0 Å². The number of nitrogens with zero attached hydrogens (tertiary/aromatic N) is 1. The number of anilines is 1. The first-order valence-electron chi connectivity index (χ1n) is 7.72. The molecule has 0 fully saturated rings. The van der Waals surface area contributed by atoms with Gasteiger partial charge in [-0.05, 0) is 49.0 Å². The summed E-state index contributed by atoms with van der Waals surface area (Å²) in [6.07, 6.45) is 3.26. The highest BCUT2D eigenvalue weighted by molar-refractivity contribution is 7.80. The number of thiocarbonyl (C=S) groups is 1. The number of allylic oxidation sites excluding steroid dienone is 1. The number of ether oxygens (including phenoxy) is 1. The number of carbonyl (C=O) groups is 1. The second-order valence-electron chi connectivity index (χ2n) is 5.54. The predicted molar refractivity (Wildman–Crippen MR) is 100 cm³/mol. The van der Waals surface area contributed by atoms with E-state index in [0.717, 1.165) is 11.3 Å². The van der Waals surface area contributed by atoms with Crippen LogP contribution in [0.3, 0.4) is 0 Å². The first-order valence-corrected chi connectivity index (χ1v) is 8.13. The van der Waals surface area contributed by atoms with Crippen LogP contribution >= 0.6 is 12.2 Å². The van der Waals surface area contributed by atoms with Gasteiger partial charge in [0.2, 0.25) is 0 Å². The number of hydrogen-bond donors (Lipinski definition) is 3. The molecule has 1 aliphatic heterocycles. The number of hydrogen-bond acceptors (Lipinski definition) is 4. The van der Waals surface area contributed by atoms with E-state index in [1.165, 1.54) is 0 Å². The number of rotatable bonds is 4. The zero-order chi connectivity index (χ0) is 17.8. The molecule has 128 valence electrons. The Kier molecular flexibility index (Phi) is 4.95. The molecule has 1 aliphatic rings. The number of methoxy groups -OCH3 is 1. The Morgan fingerprint density at radius 1 is 1.28 bits per heavy atom. The van der Waals surface area contributed by atoms with Crippen molar-refractivity contribution in [1.82, 2.24) is 15.6 Å². The molecule has 0 saturated heterocycles. The van der Waals surface area contributed by atoms with Gasteiger partial charge in [0, 0.05) is 11.9 Å². The predicted octanol–water partition coefficient (Wildman–Crippen LogP) is 2.52. The van der Waals surface area contributed by atoms with Crippen molar-refractivity contribution in [3.8, 4) is 5.75 Å². The minimum Gasteiger partial charge on any atom is -0.497 e. The third kappa shape index (κ3) is 3.77. The third-order valence-corrected chi connectivity index (χ3v) is 4.10. The Hall–Kier alpha value is -2.93. The third-order valence-electron chi connectivity index (χ3n) is 3.88. The van der Waals surface area contributed by atoms with E-state index >= 15 is 0 Å². The summed E-state index contributed by atoms with van der Waals surface area (Å²) in [6, 6.07) is 10.7. The SMILES string of the molecule is COc1ccc(C2NC(=S)NC(C)=C2C(=O)Nc2cccnc2)cc1. The fourth-order valence-corrected chi connectivity index (χ4v) is 2.95. The summed E-state index contributed by atoms with van der Waals surface area (Å²) in [7, 11) is 1.61. The molecule has 7 heteroatoms. The molecule has 0 radical (unpaired) electrons. The van der Waals surface area contributed by atoms with Gasteiger partial charge in [0.25, 0.3) is 5.91 Å². The number of amides is 1. The summed E-state index contributed by atoms with van der Waals surface area (Å²) in [5.74, 6) is 0.538. The molecule has 0 bridgehead atoms. The van der Waals surface area contributed by atoms with Crippen LogP contribution in [0.15, 0.2) is 60.1 Å². The van der Waals surface area contributed by atoms with Crippen molar-refractivity contribution in [1.29, 1.82) is 0 Å². The van der Waals surface area contributed by atoms with Crippen molar-refractivity contribution in [3.05, 3.63) is 65.6 Å². The maximum Gasteiger partial charge on any atom is 0.255 e. The molecule has 0 spiro atoms. The molecule has 0 aliphatic carbocycles. The Balaban J connectivity index is 1.93. The number of nitrogens with one attached hydrogen (secondary N) is 3. The molecule has 0 saturated carbocycles. The molecule has 2 heterocycles. The summed E-state index contributed by atoms with van der Waals surface area (Å²) >= 11 is 5.25. The van der Waals surface area contributed by atoms with E-state index in [-0.39, 0.29) is 11.9 Å². The largest absolute Gasteiger partial charge is 0.497 e. The van der Waals surface area contributed by atoms with Crippen molar-refractivity contribution in [2.24, 2.45) is 0 Å².